The summed E-state index contributed by atoms with van der Waals surface area (Å²) in [6.45, 7) is 4.03. The monoisotopic (exact) mass is 270 g/mol. The first kappa shape index (κ1) is 12.2. The summed E-state index contributed by atoms with van der Waals surface area (Å²) in [5.41, 5.74) is 0. The summed E-state index contributed by atoms with van der Waals surface area (Å²) in [7, 11) is 0. The minimum atomic E-state index is 0.0508. The Morgan fingerprint density at radius 2 is 2.13 bits per heavy atom. The normalized spacial score (nSPS) is 10.4. The van der Waals surface area contributed by atoms with E-state index in [1.807, 2.05) is 19.9 Å². The summed E-state index contributed by atoms with van der Waals surface area (Å²) in [5.74, 6) is 0.736. The lowest BCUT2D eigenvalue weighted by Crippen LogP contribution is -2.22. The summed E-state index contributed by atoms with van der Waals surface area (Å²) < 4.78 is 0.906. The number of aromatic nitrogens is 1. The highest BCUT2D eigenvalue weighted by Crippen LogP contribution is 2.13. The molecule has 15 heavy (non-hydrogen) atoms. The molecule has 0 saturated carbocycles. The predicted molar refractivity (Wildman–Crippen MR) is 64.6 cm³/mol. The van der Waals surface area contributed by atoms with Gasteiger partial charge < -0.3 is 5.32 Å². The largest absolute Gasteiger partial charge is 0.310 e. The number of nitrogens with one attached hydrogen (secondary N) is 1. The van der Waals surface area contributed by atoms with Gasteiger partial charge in [-0.05, 0) is 40.9 Å². The third kappa shape index (κ3) is 3.63. The molecule has 82 valence electrons. The number of nitrogens with zero attached hydrogens (tertiary/aromatic N) is 1. The Hall–Kier alpha value is -0.900. The lowest BCUT2D eigenvalue weighted by molar-refractivity contribution is -0.120. The number of halogens is 1. The van der Waals surface area contributed by atoms with Crippen LogP contribution >= 0.6 is 15.9 Å². The number of pyridine rings is 1. The van der Waals surface area contributed by atoms with E-state index in [1.165, 1.54) is 0 Å². The van der Waals surface area contributed by atoms with Crippen LogP contribution in [0.25, 0.3) is 0 Å². The lowest BCUT2D eigenvalue weighted by atomic mass is 10.0. The van der Waals surface area contributed by atoms with Crippen LogP contribution in [0.1, 0.15) is 26.7 Å². The minimum Gasteiger partial charge on any atom is -0.310 e. The van der Waals surface area contributed by atoms with Crippen molar-refractivity contribution in [1.29, 1.82) is 0 Å². The lowest BCUT2D eigenvalue weighted by Gasteiger charge is -2.11. The van der Waals surface area contributed by atoms with Crippen molar-refractivity contribution in [2.75, 3.05) is 5.32 Å². The molecule has 0 saturated heterocycles. The van der Waals surface area contributed by atoms with Gasteiger partial charge in [-0.3, -0.25) is 4.79 Å². The maximum Gasteiger partial charge on any atom is 0.228 e. The average molecular weight is 271 g/mol. The molecule has 1 N–H and O–H groups in total. The van der Waals surface area contributed by atoms with Crippen LogP contribution in [0.5, 0.6) is 0 Å². The van der Waals surface area contributed by atoms with Crippen LogP contribution in [-0.4, -0.2) is 10.9 Å². The Balaban J connectivity index is 2.61. The van der Waals surface area contributed by atoms with Gasteiger partial charge in [0.1, 0.15) is 5.82 Å². The molecule has 0 atom stereocenters. The maximum absolute atomic E-state index is 11.7. The fourth-order valence-electron chi connectivity index (χ4n) is 1.34. The van der Waals surface area contributed by atoms with E-state index in [2.05, 4.69) is 26.2 Å². The third-order valence-corrected chi connectivity index (χ3v) is 2.80. The smallest absolute Gasteiger partial charge is 0.228 e. The maximum atomic E-state index is 11.7. The number of carbonyl (C=O) groups is 1. The van der Waals surface area contributed by atoms with Crippen LogP contribution in [-0.2, 0) is 4.79 Å². The van der Waals surface area contributed by atoms with Gasteiger partial charge in [-0.2, -0.15) is 0 Å². The Morgan fingerprint density at radius 1 is 1.47 bits per heavy atom. The van der Waals surface area contributed by atoms with Gasteiger partial charge in [-0.15, -0.1) is 0 Å². The fraction of sp³-hybridized carbons (Fsp3) is 0.455. The molecule has 1 aromatic rings. The Bertz CT molecular complexity index is 320. The van der Waals surface area contributed by atoms with Crippen LogP contribution in [0.3, 0.4) is 0 Å². The quantitative estimate of drug-likeness (QED) is 0.913. The third-order valence-electron chi connectivity index (χ3n) is 2.34. The molecule has 1 rings (SSSR count). The number of hydrogen-bond acceptors (Lipinski definition) is 2. The SMILES string of the molecule is CCC(CC)C(=O)Nc1ccc(Br)cn1. The molecule has 0 radical (unpaired) electrons. The topological polar surface area (TPSA) is 42.0 Å². The van der Waals surface area contributed by atoms with Gasteiger partial charge in [0.25, 0.3) is 0 Å². The number of hydrogen-bond donors (Lipinski definition) is 1. The number of carbonyl (C=O) groups excluding carboxylic acids is 1. The summed E-state index contributed by atoms with van der Waals surface area (Å²) in [6.07, 6.45) is 3.39. The van der Waals surface area contributed by atoms with E-state index in [9.17, 15) is 4.79 Å². The first-order chi connectivity index (χ1) is 7.17. The Morgan fingerprint density at radius 3 is 2.60 bits per heavy atom. The second-order valence-corrected chi connectivity index (χ2v) is 4.28. The molecule has 1 amide bonds. The zero-order valence-corrected chi connectivity index (χ0v) is 10.5. The van der Waals surface area contributed by atoms with Crippen molar-refractivity contribution in [2.45, 2.75) is 26.7 Å². The van der Waals surface area contributed by atoms with Gasteiger partial charge in [0, 0.05) is 16.6 Å². The molecule has 3 nitrogen and oxygen atoms in total. The molecule has 0 aliphatic heterocycles. The van der Waals surface area contributed by atoms with Gasteiger partial charge in [-0.1, -0.05) is 13.8 Å². The van der Waals surface area contributed by atoms with Crippen molar-refractivity contribution in [2.24, 2.45) is 5.92 Å². The predicted octanol–water partition coefficient (Wildman–Crippen LogP) is 3.22. The van der Waals surface area contributed by atoms with Gasteiger partial charge in [0.15, 0.2) is 0 Å². The van der Waals surface area contributed by atoms with Gasteiger partial charge in [-0.25, -0.2) is 4.98 Å². The second-order valence-electron chi connectivity index (χ2n) is 3.36. The van der Waals surface area contributed by atoms with Crippen molar-refractivity contribution in [1.82, 2.24) is 4.98 Å². The molecule has 0 fully saturated rings. The Labute approximate surface area is 98.4 Å². The summed E-state index contributed by atoms with van der Waals surface area (Å²) in [5, 5.41) is 2.80. The van der Waals surface area contributed by atoms with E-state index in [0.717, 1.165) is 17.3 Å². The van der Waals surface area contributed by atoms with E-state index < -0.39 is 0 Å². The average Bonchev–Trinajstić information content (AvgIpc) is 2.23. The van der Waals surface area contributed by atoms with Crippen LogP contribution in [0, 0.1) is 5.92 Å². The fourth-order valence-corrected chi connectivity index (χ4v) is 1.57. The molecule has 0 aliphatic rings. The highest BCUT2D eigenvalue weighted by atomic mass is 79.9. The minimum absolute atomic E-state index is 0.0508. The molecule has 0 aliphatic carbocycles. The van der Waals surface area contributed by atoms with Crippen molar-refractivity contribution in [3.05, 3.63) is 22.8 Å². The van der Waals surface area contributed by atoms with Crippen LogP contribution in [0.15, 0.2) is 22.8 Å². The van der Waals surface area contributed by atoms with Crippen LogP contribution in [0.4, 0.5) is 5.82 Å². The van der Waals surface area contributed by atoms with Crippen LogP contribution in [0.2, 0.25) is 0 Å². The highest BCUT2D eigenvalue weighted by Gasteiger charge is 2.14. The molecule has 0 spiro atoms. The number of rotatable bonds is 4. The Kier molecular flexibility index (Phi) is 4.75. The van der Waals surface area contributed by atoms with E-state index in [-0.39, 0.29) is 11.8 Å². The highest BCUT2D eigenvalue weighted by molar-refractivity contribution is 9.10. The van der Waals surface area contributed by atoms with E-state index >= 15 is 0 Å². The first-order valence-corrected chi connectivity index (χ1v) is 5.89. The van der Waals surface area contributed by atoms with Gasteiger partial charge in [0.05, 0.1) is 0 Å². The van der Waals surface area contributed by atoms with Gasteiger partial charge in [0.2, 0.25) is 5.91 Å². The molecule has 1 aromatic heterocycles. The second kappa shape index (κ2) is 5.85. The zero-order chi connectivity index (χ0) is 11.3. The zero-order valence-electron chi connectivity index (χ0n) is 8.96. The molecular weight excluding hydrogens is 256 g/mol. The molecule has 0 bridgehead atoms. The molecule has 0 unspecified atom stereocenters. The van der Waals surface area contributed by atoms with Crippen molar-refractivity contribution in [3.63, 3.8) is 0 Å². The summed E-state index contributed by atoms with van der Waals surface area (Å²) in [6, 6.07) is 3.64. The molecule has 1 heterocycles. The number of amides is 1. The molecular formula is C11H15BrN2O. The van der Waals surface area contributed by atoms with E-state index in [0.29, 0.717) is 5.82 Å². The van der Waals surface area contributed by atoms with Crippen molar-refractivity contribution in [3.8, 4) is 0 Å². The van der Waals surface area contributed by atoms with Crippen molar-refractivity contribution < 1.29 is 4.79 Å². The standard InChI is InChI=1S/C11H15BrN2O/c1-3-8(4-2)11(15)14-10-6-5-9(12)7-13-10/h5-8H,3-4H2,1-2H3,(H,13,14,15). The summed E-state index contributed by atoms with van der Waals surface area (Å²) >= 11 is 3.29. The first-order valence-electron chi connectivity index (χ1n) is 5.09. The van der Waals surface area contributed by atoms with E-state index in [4.69, 9.17) is 0 Å². The van der Waals surface area contributed by atoms with Crippen LogP contribution < -0.4 is 5.32 Å². The molecule has 0 aromatic carbocycles. The summed E-state index contributed by atoms with van der Waals surface area (Å²) in [4.78, 5) is 15.8. The van der Waals surface area contributed by atoms with Crippen molar-refractivity contribution >= 4 is 27.7 Å². The number of anilines is 1. The molecule has 4 heteroatoms. The van der Waals surface area contributed by atoms with Gasteiger partial charge >= 0.3 is 0 Å². The van der Waals surface area contributed by atoms with E-state index in [1.54, 1.807) is 12.3 Å².